The van der Waals surface area contributed by atoms with Crippen molar-refractivity contribution in [3.05, 3.63) is 100 Å². The molecule has 3 atom stereocenters. The second-order valence-electron chi connectivity index (χ2n) is 17.4. The number of aromatic nitrogens is 3. The first kappa shape index (κ1) is 53.7. The first-order valence-corrected chi connectivity index (χ1v) is 24.8. The summed E-state index contributed by atoms with van der Waals surface area (Å²) >= 11 is 0. The molecule has 3 aromatic carbocycles. The van der Waals surface area contributed by atoms with Gasteiger partial charge in [0.25, 0.3) is 11.8 Å². The Bertz CT molecular complexity index is 2620. The molecule has 74 heavy (non-hydrogen) atoms. The van der Waals surface area contributed by atoms with E-state index in [9.17, 15) is 28.4 Å². The molecule has 4 aliphatic heterocycles. The van der Waals surface area contributed by atoms with Crippen molar-refractivity contribution >= 4 is 52.2 Å². The average molecular weight is 1030 g/mol. The van der Waals surface area contributed by atoms with Crippen molar-refractivity contribution in [3.63, 3.8) is 0 Å². The number of aliphatic imine (C=N–C) groups is 1. The Balaban J connectivity index is 0.568. The van der Waals surface area contributed by atoms with Gasteiger partial charge in [-0.25, -0.2) is 9.37 Å². The van der Waals surface area contributed by atoms with Crippen LogP contribution in [0.1, 0.15) is 72.8 Å². The van der Waals surface area contributed by atoms with Gasteiger partial charge in [-0.15, -0.1) is 0 Å². The minimum absolute atomic E-state index is 0.0447. The van der Waals surface area contributed by atoms with Crippen LogP contribution < -0.4 is 21.3 Å². The minimum atomic E-state index is -1.02. The zero-order valence-electron chi connectivity index (χ0n) is 41.3. The fourth-order valence-corrected chi connectivity index (χ4v) is 8.97. The van der Waals surface area contributed by atoms with Crippen molar-refractivity contribution in [2.24, 2.45) is 12.0 Å². The maximum atomic E-state index is 14.6. The predicted octanol–water partition coefficient (Wildman–Crippen LogP) is 2.95. The number of hydrogen-bond acceptors (Lipinski definition) is 19. The van der Waals surface area contributed by atoms with Gasteiger partial charge in [0.05, 0.1) is 135 Å². The summed E-state index contributed by atoms with van der Waals surface area (Å²) in [6.07, 6.45) is 1.64. The number of fused-ring (bicyclic) bond motifs is 1. The van der Waals surface area contributed by atoms with E-state index >= 15 is 0 Å². The molecule has 4 aliphatic rings. The third-order valence-corrected chi connectivity index (χ3v) is 12.5. The van der Waals surface area contributed by atoms with Crippen molar-refractivity contribution in [3.8, 4) is 0 Å². The van der Waals surface area contributed by atoms with Crippen LogP contribution in [0.2, 0.25) is 0 Å². The Morgan fingerprint density at radius 3 is 1.82 bits per heavy atom. The van der Waals surface area contributed by atoms with E-state index in [1.165, 1.54) is 18.5 Å². The summed E-state index contributed by atoms with van der Waals surface area (Å²) in [6.45, 7) is 7.68. The Labute approximate surface area is 426 Å². The number of rotatable bonds is 32. The van der Waals surface area contributed by atoms with Gasteiger partial charge in [-0.05, 0) is 48.4 Å². The van der Waals surface area contributed by atoms with Gasteiger partial charge in [-0.1, -0.05) is 18.2 Å². The molecule has 22 nitrogen and oxygen atoms in total. The predicted molar refractivity (Wildman–Crippen MR) is 265 cm³/mol. The molecule has 23 heteroatoms. The van der Waals surface area contributed by atoms with Gasteiger partial charge in [0.1, 0.15) is 30.6 Å². The standard InChI is InChI=1S/C51H62FN9O13/c1-60-48(56-32-57-60)45-46(58-39-30-34(52)29-37-41(62)31-55-47(45)43(37)39)33-5-7-35(8-6-33)53-11-13-67-15-17-69-19-21-71-23-25-73-27-28-74-26-24-72-22-20-70-18-16-68-14-12-54-38-4-2-3-36-44(38)51(66)61(50(36)65)40-9-10-42(63)59-49(40)64/h2-8,29-30,32,40,45-46,53-54,58H,9-28,31H2,1H3,(H,59,63,64)/t40?,45-,46?/m1/s1. The largest absolute Gasteiger partial charge is 0.383 e. The summed E-state index contributed by atoms with van der Waals surface area (Å²) < 4.78 is 61.0. The summed E-state index contributed by atoms with van der Waals surface area (Å²) in [6, 6.07) is 14.2. The molecule has 396 valence electrons. The van der Waals surface area contributed by atoms with E-state index in [0.29, 0.717) is 153 Å². The summed E-state index contributed by atoms with van der Waals surface area (Å²) in [5, 5.41) is 16.5. The second-order valence-corrected chi connectivity index (χ2v) is 17.4. The molecule has 1 saturated heterocycles. The Kier molecular flexibility index (Phi) is 19.7. The number of piperidine rings is 1. The topological polar surface area (TPSA) is 254 Å². The third kappa shape index (κ3) is 13.8. The van der Waals surface area contributed by atoms with Crippen molar-refractivity contribution < 1.29 is 66.3 Å². The molecule has 8 rings (SSSR count). The van der Waals surface area contributed by atoms with Crippen LogP contribution in [0.4, 0.5) is 21.5 Å². The average Bonchev–Trinajstić information content (AvgIpc) is 3.95. The number of nitrogens with zero attached hydrogens (tertiary/aromatic N) is 5. The van der Waals surface area contributed by atoms with Gasteiger partial charge >= 0.3 is 0 Å². The maximum Gasteiger partial charge on any atom is 0.264 e. The van der Waals surface area contributed by atoms with Gasteiger partial charge in [0.2, 0.25) is 11.8 Å². The number of anilines is 3. The molecule has 1 fully saturated rings. The summed E-state index contributed by atoms with van der Waals surface area (Å²) in [7, 11) is 1.82. The number of halogens is 1. The second kappa shape index (κ2) is 27.1. The van der Waals surface area contributed by atoms with Crippen LogP contribution in [0.15, 0.2) is 65.9 Å². The van der Waals surface area contributed by atoms with Gasteiger partial charge in [-0.2, -0.15) is 5.10 Å². The number of nitrogens with one attached hydrogen (secondary N) is 4. The number of hydrogen-bond donors (Lipinski definition) is 4. The summed E-state index contributed by atoms with van der Waals surface area (Å²) in [5.41, 5.74) is 4.93. The van der Waals surface area contributed by atoms with Gasteiger partial charge in [0.15, 0.2) is 5.78 Å². The zero-order chi connectivity index (χ0) is 51.7. The van der Waals surface area contributed by atoms with E-state index in [1.807, 2.05) is 31.3 Å². The first-order chi connectivity index (χ1) is 36.2. The van der Waals surface area contributed by atoms with E-state index in [4.69, 9.17) is 37.9 Å². The highest BCUT2D eigenvalue weighted by atomic mass is 19.1. The molecule has 0 saturated carbocycles. The Hall–Kier alpha value is -6.57. The number of aryl methyl sites for hydroxylation is 1. The lowest BCUT2D eigenvalue weighted by molar-refractivity contribution is -0.136. The molecular formula is C51H62FN9O13. The number of carbonyl (C=O) groups excluding carboxylic acids is 5. The van der Waals surface area contributed by atoms with Crippen LogP contribution in [-0.4, -0.2) is 186 Å². The number of ether oxygens (including phenoxy) is 8. The van der Waals surface area contributed by atoms with Crippen molar-refractivity contribution in [2.75, 3.05) is 141 Å². The smallest absolute Gasteiger partial charge is 0.264 e. The van der Waals surface area contributed by atoms with Gasteiger partial charge in [-0.3, -0.25) is 43.9 Å². The minimum Gasteiger partial charge on any atom is -0.383 e. The number of imide groups is 2. The zero-order valence-corrected chi connectivity index (χ0v) is 41.3. The third-order valence-electron chi connectivity index (χ3n) is 12.5. The first-order valence-electron chi connectivity index (χ1n) is 24.8. The number of Topliss-reactive ketones (excluding diaryl/α,β-unsaturated/α-hetero) is 1. The lowest BCUT2D eigenvalue weighted by atomic mass is 9.78. The van der Waals surface area contributed by atoms with Crippen LogP contribution in [0.5, 0.6) is 0 Å². The molecule has 4 aromatic rings. The van der Waals surface area contributed by atoms with E-state index in [0.717, 1.165) is 16.2 Å². The number of ketones is 1. The highest BCUT2D eigenvalue weighted by Gasteiger charge is 2.46. The lowest BCUT2D eigenvalue weighted by Gasteiger charge is -2.37. The number of carbonyl (C=O) groups is 5. The van der Waals surface area contributed by atoms with Crippen LogP contribution in [0, 0.1) is 5.82 Å². The van der Waals surface area contributed by atoms with Gasteiger partial charge in [0, 0.05) is 54.7 Å². The molecule has 4 amide bonds. The van der Waals surface area contributed by atoms with Crippen molar-refractivity contribution in [2.45, 2.75) is 30.8 Å². The molecule has 0 bridgehead atoms. The molecule has 0 aliphatic carbocycles. The lowest BCUT2D eigenvalue weighted by Crippen LogP contribution is -2.54. The summed E-state index contributed by atoms with van der Waals surface area (Å²) in [5.74, 6) is -2.56. The van der Waals surface area contributed by atoms with Crippen LogP contribution in [0.25, 0.3) is 0 Å². The fourth-order valence-electron chi connectivity index (χ4n) is 8.97. The summed E-state index contributed by atoms with van der Waals surface area (Å²) in [4.78, 5) is 73.0. The van der Waals surface area contributed by atoms with Crippen LogP contribution in [0.3, 0.4) is 0 Å². The van der Waals surface area contributed by atoms with E-state index in [-0.39, 0.29) is 48.3 Å². The van der Waals surface area contributed by atoms with E-state index in [2.05, 4.69) is 36.3 Å². The van der Waals surface area contributed by atoms with Gasteiger partial charge < -0.3 is 53.8 Å². The molecule has 4 N–H and O–H groups in total. The number of amides is 4. The van der Waals surface area contributed by atoms with E-state index in [1.54, 1.807) is 22.9 Å². The highest BCUT2D eigenvalue weighted by molar-refractivity contribution is 6.25. The van der Waals surface area contributed by atoms with Crippen LogP contribution in [-0.2, 0) is 54.5 Å². The SMILES string of the molecule is Cn1ncnc1[C@H]1C2=NCC(=O)c3cc(F)cc(c32)NC1c1ccc(NCCOCCOCCOCCOCCOCCOCCOCCOCCNc2cccc3c2C(=O)N(C2CCC(=O)NC2=O)C3=O)cc1. The molecular weight excluding hydrogens is 966 g/mol. The fraction of sp³-hybridized carbons (Fsp3) is 0.490. The Morgan fingerprint density at radius 1 is 0.676 bits per heavy atom. The van der Waals surface area contributed by atoms with E-state index < -0.39 is 35.5 Å². The van der Waals surface area contributed by atoms with Crippen molar-refractivity contribution in [1.29, 1.82) is 0 Å². The quantitative estimate of drug-likeness (QED) is 0.0405. The number of benzene rings is 3. The Morgan fingerprint density at radius 2 is 1.26 bits per heavy atom. The molecule has 0 radical (unpaired) electrons. The molecule has 1 aromatic heterocycles. The normalized spacial score (nSPS) is 18.0. The maximum absolute atomic E-state index is 14.6. The van der Waals surface area contributed by atoms with Crippen molar-refractivity contribution in [1.82, 2.24) is 25.0 Å². The molecule has 5 heterocycles. The van der Waals surface area contributed by atoms with Crippen LogP contribution >= 0.6 is 0 Å². The monoisotopic (exact) mass is 1030 g/mol. The highest BCUT2D eigenvalue weighted by Crippen LogP contribution is 2.45. The molecule has 2 unspecified atom stereocenters. The molecule has 0 spiro atoms.